The molecular formula is C68H41N. The van der Waals surface area contributed by atoms with Gasteiger partial charge in [-0.15, -0.1) is 0 Å². The molecule has 0 spiro atoms. The van der Waals surface area contributed by atoms with E-state index in [-0.39, 0.29) is 0 Å². The van der Waals surface area contributed by atoms with E-state index in [0.717, 1.165) is 17.1 Å². The van der Waals surface area contributed by atoms with Crippen molar-refractivity contribution in [2.75, 3.05) is 4.90 Å². The molecule has 0 saturated heterocycles. The molecule has 0 aromatic heterocycles. The Labute approximate surface area is 400 Å². The standard InChI is InChI=1S/C68H41N/c1-4-18-42(19-5-1)59-41-60(43-20-6-2-7-21-43)67-53-29-15-14-28-50(53)61-40-45(34-35-56(61)68(67)64(59)44-22-8-3-9-23-44)69(62-38-36-54-48-26-12-10-24-46(48)51-30-16-32-57(62)65(51)54)63-39-37-55-49-27-13-11-25-47(49)52-31-17-33-58(63)66(52)55/h1-41H. The van der Waals surface area contributed by atoms with Crippen molar-refractivity contribution < 1.29 is 0 Å². The van der Waals surface area contributed by atoms with Crippen molar-refractivity contribution in [3.63, 3.8) is 0 Å². The fourth-order valence-electron chi connectivity index (χ4n) is 12.3. The van der Waals surface area contributed by atoms with Gasteiger partial charge in [0, 0.05) is 16.5 Å². The van der Waals surface area contributed by atoms with Crippen LogP contribution in [0.2, 0.25) is 0 Å². The molecular weight excluding hydrogens is 831 g/mol. The number of anilines is 3. The summed E-state index contributed by atoms with van der Waals surface area (Å²) in [5.41, 5.74) is 21.1. The SMILES string of the molecule is c1ccc(-c2cc(-c3ccccc3)c3c4ccccc4c4cc(N(c5ccc6c7c(cccc57)-c5ccccc5-6)c5ccc6c7c(cccc57)-c5ccccc5-6)ccc4c3c2-c2ccccc2)cc1. The summed E-state index contributed by atoms with van der Waals surface area (Å²) in [6, 6.07) is 92.8. The molecule has 0 fully saturated rings. The van der Waals surface area contributed by atoms with E-state index in [1.165, 1.54) is 132 Å². The third-order valence-corrected chi connectivity index (χ3v) is 15.1. The molecule has 0 heterocycles. The van der Waals surface area contributed by atoms with E-state index in [1.807, 2.05) is 0 Å². The van der Waals surface area contributed by atoms with Crippen molar-refractivity contribution in [2.24, 2.45) is 0 Å². The minimum absolute atomic E-state index is 1.11. The molecule has 2 aliphatic rings. The van der Waals surface area contributed by atoms with Gasteiger partial charge in [0.25, 0.3) is 0 Å². The Balaban J connectivity index is 1.08. The average Bonchev–Trinajstić information content (AvgIpc) is 3.94. The molecule has 318 valence electrons. The van der Waals surface area contributed by atoms with E-state index in [4.69, 9.17) is 0 Å². The summed E-state index contributed by atoms with van der Waals surface area (Å²) >= 11 is 0. The van der Waals surface area contributed by atoms with Gasteiger partial charge in [-0.1, -0.05) is 218 Å². The van der Waals surface area contributed by atoms with Crippen LogP contribution in [0.3, 0.4) is 0 Å². The number of hydrogen-bond donors (Lipinski definition) is 0. The maximum absolute atomic E-state index is 2.56. The Morgan fingerprint density at radius 3 is 1.17 bits per heavy atom. The van der Waals surface area contributed by atoms with Crippen LogP contribution in [0.5, 0.6) is 0 Å². The minimum Gasteiger partial charge on any atom is -0.309 e. The van der Waals surface area contributed by atoms with Crippen molar-refractivity contribution in [2.45, 2.75) is 0 Å². The Morgan fingerprint density at radius 2 is 0.623 bits per heavy atom. The van der Waals surface area contributed by atoms with Crippen LogP contribution in [-0.2, 0) is 0 Å². The normalized spacial score (nSPS) is 12.1. The monoisotopic (exact) mass is 871 g/mol. The van der Waals surface area contributed by atoms with Gasteiger partial charge in [0.2, 0.25) is 0 Å². The highest BCUT2D eigenvalue weighted by Gasteiger charge is 2.29. The maximum Gasteiger partial charge on any atom is 0.0540 e. The van der Waals surface area contributed by atoms with Gasteiger partial charge in [-0.25, -0.2) is 0 Å². The lowest BCUT2D eigenvalue weighted by Gasteiger charge is -2.29. The Kier molecular flexibility index (Phi) is 8.13. The topological polar surface area (TPSA) is 3.24 Å². The second kappa shape index (κ2) is 14.7. The molecule has 69 heavy (non-hydrogen) atoms. The van der Waals surface area contributed by atoms with Crippen LogP contribution in [0.4, 0.5) is 17.1 Å². The highest BCUT2D eigenvalue weighted by Crippen LogP contribution is 2.56. The van der Waals surface area contributed by atoms with E-state index in [9.17, 15) is 0 Å². The zero-order chi connectivity index (χ0) is 45.2. The number of hydrogen-bond acceptors (Lipinski definition) is 1. The van der Waals surface area contributed by atoms with Crippen LogP contribution in [0.15, 0.2) is 249 Å². The molecule has 2 aliphatic carbocycles. The first-order valence-corrected chi connectivity index (χ1v) is 24.0. The fourth-order valence-corrected chi connectivity index (χ4v) is 12.3. The molecule has 13 aromatic rings. The molecule has 0 atom stereocenters. The summed E-state index contributed by atoms with van der Waals surface area (Å²) in [6.45, 7) is 0. The lowest BCUT2D eigenvalue weighted by molar-refractivity contribution is 1.32. The number of nitrogens with zero attached hydrogens (tertiary/aromatic N) is 1. The summed E-state index contributed by atoms with van der Waals surface area (Å²) < 4.78 is 0. The molecule has 0 aliphatic heterocycles. The van der Waals surface area contributed by atoms with Gasteiger partial charge in [-0.05, 0) is 151 Å². The van der Waals surface area contributed by atoms with Gasteiger partial charge in [0.05, 0.1) is 11.4 Å². The smallest absolute Gasteiger partial charge is 0.0540 e. The zero-order valence-corrected chi connectivity index (χ0v) is 37.6. The van der Waals surface area contributed by atoms with Gasteiger partial charge in [-0.3, -0.25) is 0 Å². The first-order valence-electron chi connectivity index (χ1n) is 24.0. The Hall–Kier alpha value is -9.04. The lowest BCUT2D eigenvalue weighted by Crippen LogP contribution is -2.11. The summed E-state index contributed by atoms with van der Waals surface area (Å²) in [5, 5.41) is 12.6. The van der Waals surface area contributed by atoms with E-state index in [1.54, 1.807) is 0 Å². The third kappa shape index (κ3) is 5.47. The number of rotatable bonds is 6. The third-order valence-electron chi connectivity index (χ3n) is 15.1. The molecule has 0 radical (unpaired) electrons. The van der Waals surface area contributed by atoms with Crippen LogP contribution in [-0.4, -0.2) is 0 Å². The van der Waals surface area contributed by atoms with Gasteiger partial charge in [-0.2, -0.15) is 0 Å². The highest BCUT2D eigenvalue weighted by molar-refractivity contribution is 6.33. The van der Waals surface area contributed by atoms with Gasteiger partial charge in [0.1, 0.15) is 0 Å². The minimum atomic E-state index is 1.11. The second-order valence-corrected chi connectivity index (χ2v) is 18.6. The predicted molar refractivity (Wildman–Crippen MR) is 294 cm³/mol. The Morgan fingerprint density at radius 1 is 0.203 bits per heavy atom. The number of fused-ring (bicyclic) bond motifs is 12. The quantitative estimate of drug-likeness (QED) is 0.151. The molecule has 0 N–H and O–H groups in total. The van der Waals surface area contributed by atoms with E-state index in [2.05, 4.69) is 254 Å². The summed E-state index contributed by atoms with van der Waals surface area (Å²) in [6.07, 6.45) is 0. The van der Waals surface area contributed by atoms with Crippen molar-refractivity contribution in [1.29, 1.82) is 0 Å². The van der Waals surface area contributed by atoms with Crippen LogP contribution in [0, 0.1) is 0 Å². The summed E-state index contributed by atoms with van der Waals surface area (Å²) in [4.78, 5) is 2.56. The van der Waals surface area contributed by atoms with E-state index < -0.39 is 0 Å². The predicted octanol–water partition coefficient (Wildman–Crippen LogP) is 19.2. The molecule has 1 nitrogen and oxygen atoms in total. The van der Waals surface area contributed by atoms with Crippen molar-refractivity contribution in [3.05, 3.63) is 249 Å². The second-order valence-electron chi connectivity index (χ2n) is 18.6. The van der Waals surface area contributed by atoms with Gasteiger partial charge < -0.3 is 4.90 Å². The van der Waals surface area contributed by atoms with Crippen molar-refractivity contribution in [3.8, 4) is 77.9 Å². The first kappa shape index (κ1) is 38.1. The van der Waals surface area contributed by atoms with Gasteiger partial charge >= 0.3 is 0 Å². The lowest BCUT2D eigenvalue weighted by atomic mass is 9.81. The first-order chi connectivity index (χ1) is 34.3. The molecule has 1 heteroatoms. The summed E-state index contributed by atoms with van der Waals surface area (Å²) in [7, 11) is 0. The average molecular weight is 872 g/mol. The molecule has 0 bridgehead atoms. The molecule has 0 saturated carbocycles. The largest absolute Gasteiger partial charge is 0.309 e. The zero-order valence-electron chi connectivity index (χ0n) is 37.6. The highest BCUT2D eigenvalue weighted by atomic mass is 15.1. The van der Waals surface area contributed by atoms with Crippen molar-refractivity contribution in [1.82, 2.24) is 0 Å². The van der Waals surface area contributed by atoms with E-state index >= 15 is 0 Å². The van der Waals surface area contributed by atoms with Crippen LogP contribution >= 0.6 is 0 Å². The molecule has 15 rings (SSSR count). The maximum atomic E-state index is 2.56. The van der Waals surface area contributed by atoms with Crippen LogP contribution < -0.4 is 4.90 Å². The fraction of sp³-hybridized carbons (Fsp3) is 0. The summed E-state index contributed by atoms with van der Waals surface area (Å²) in [5.74, 6) is 0. The van der Waals surface area contributed by atoms with Crippen molar-refractivity contribution >= 4 is 70.9 Å². The number of benzene rings is 13. The Bertz CT molecular complexity index is 4090. The molecule has 0 amide bonds. The van der Waals surface area contributed by atoms with Crippen LogP contribution in [0.25, 0.3) is 132 Å². The molecule has 0 unspecified atom stereocenters. The van der Waals surface area contributed by atoms with Gasteiger partial charge in [0.15, 0.2) is 0 Å². The van der Waals surface area contributed by atoms with Crippen LogP contribution in [0.1, 0.15) is 0 Å². The molecule has 13 aromatic carbocycles. The van der Waals surface area contributed by atoms with E-state index in [0.29, 0.717) is 0 Å².